The second-order valence-electron chi connectivity index (χ2n) is 4.42. The molecule has 15 heavy (non-hydrogen) atoms. The zero-order chi connectivity index (χ0) is 10.8. The third-order valence-corrected chi connectivity index (χ3v) is 3.10. The average molecular weight is 205 g/mol. The Bertz CT molecular complexity index is 358. The van der Waals surface area contributed by atoms with E-state index in [1.54, 1.807) is 7.11 Å². The lowest BCUT2D eigenvalue weighted by molar-refractivity contribution is 0.407. The second-order valence-corrected chi connectivity index (χ2v) is 4.42. The Morgan fingerprint density at radius 2 is 2.20 bits per heavy atom. The summed E-state index contributed by atoms with van der Waals surface area (Å²) in [6.45, 7) is 2.05. The van der Waals surface area contributed by atoms with Crippen molar-refractivity contribution in [1.29, 1.82) is 0 Å². The SMILES string of the molecule is COc1ccc2c(c1CC(C)N)CCC2. The summed E-state index contributed by atoms with van der Waals surface area (Å²) in [5.41, 5.74) is 10.2. The Hall–Kier alpha value is -1.02. The molecule has 1 aliphatic carbocycles. The summed E-state index contributed by atoms with van der Waals surface area (Å²) in [6, 6.07) is 4.49. The van der Waals surface area contributed by atoms with E-state index in [1.807, 2.05) is 6.92 Å². The van der Waals surface area contributed by atoms with Crippen molar-refractivity contribution in [2.24, 2.45) is 5.73 Å². The number of rotatable bonds is 3. The van der Waals surface area contributed by atoms with Crippen molar-refractivity contribution in [2.45, 2.75) is 38.6 Å². The Balaban J connectivity index is 2.42. The maximum atomic E-state index is 5.89. The lowest BCUT2D eigenvalue weighted by atomic mass is 9.97. The van der Waals surface area contributed by atoms with Gasteiger partial charge in [0.25, 0.3) is 0 Å². The summed E-state index contributed by atoms with van der Waals surface area (Å²) >= 11 is 0. The zero-order valence-corrected chi connectivity index (χ0v) is 9.55. The van der Waals surface area contributed by atoms with Gasteiger partial charge in [-0.25, -0.2) is 0 Å². The Kier molecular flexibility index (Phi) is 2.96. The minimum absolute atomic E-state index is 0.200. The fraction of sp³-hybridized carbons (Fsp3) is 0.538. The number of fused-ring (bicyclic) bond motifs is 1. The van der Waals surface area contributed by atoms with E-state index in [0.717, 1.165) is 12.2 Å². The van der Waals surface area contributed by atoms with Gasteiger partial charge in [-0.05, 0) is 55.4 Å². The summed E-state index contributed by atoms with van der Waals surface area (Å²) < 4.78 is 5.42. The van der Waals surface area contributed by atoms with E-state index in [2.05, 4.69) is 12.1 Å². The zero-order valence-electron chi connectivity index (χ0n) is 9.55. The first kappa shape index (κ1) is 10.5. The molecule has 1 aliphatic rings. The maximum Gasteiger partial charge on any atom is 0.122 e. The Labute approximate surface area is 91.4 Å². The predicted molar refractivity (Wildman–Crippen MR) is 62.4 cm³/mol. The molecule has 2 rings (SSSR count). The van der Waals surface area contributed by atoms with Crippen LogP contribution in [0.3, 0.4) is 0 Å². The molecule has 0 saturated carbocycles. The minimum Gasteiger partial charge on any atom is -0.496 e. The van der Waals surface area contributed by atoms with Gasteiger partial charge in [-0.2, -0.15) is 0 Å². The van der Waals surface area contributed by atoms with Crippen LogP contribution in [0.15, 0.2) is 12.1 Å². The number of benzene rings is 1. The largest absolute Gasteiger partial charge is 0.496 e. The van der Waals surface area contributed by atoms with Gasteiger partial charge in [0.15, 0.2) is 0 Å². The quantitative estimate of drug-likeness (QED) is 0.820. The van der Waals surface area contributed by atoms with E-state index < -0.39 is 0 Å². The molecule has 82 valence electrons. The molecule has 1 unspecified atom stereocenters. The normalized spacial score (nSPS) is 16.2. The van der Waals surface area contributed by atoms with E-state index in [1.165, 1.54) is 36.0 Å². The molecular formula is C13H19NO. The maximum absolute atomic E-state index is 5.89. The molecule has 0 amide bonds. The number of hydrogen-bond acceptors (Lipinski definition) is 2. The topological polar surface area (TPSA) is 35.2 Å². The number of hydrogen-bond donors (Lipinski definition) is 1. The highest BCUT2D eigenvalue weighted by atomic mass is 16.5. The molecule has 0 saturated heterocycles. The highest BCUT2D eigenvalue weighted by Gasteiger charge is 2.18. The smallest absolute Gasteiger partial charge is 0.122 e. The van der Waals surface area contributed by atoms with E-state index in [-0.39, 0.29) is 6.04 Å². The Morgan fingerprint density at radius 3 is 2.87 bits per heavy atom. The van der Waals surface area contributed by atoms with Crippen LogP contribution < -0.4 is 10.5 Å². The van der Waals surface area contributed by atoms with Crippen molar-refractivity contribution in [3.05, 3.63) is 28.8 Å². The molecule has 1 aromatic carbocycles. The predicted octanol–water partition coefficient (Wildman–Crippen LogP) is 2.07. The van der Waals surface area contributed by atoms with Crippen LogP contribution >= 0.6 is 0 Å². The standard InChI is InChI=1S/C13H19NO/c1-9(14)8-12-11-5-3-4-10(11)6-7-13(12)15-2/h6-7,9H,3-5,8,14H2,1-2H3. The minimum atomic E-state index is 0.200. The van der Waals surface area contributed by atoms with Crippen LogP contribution in [0.25, 0.3) is 0 Å². The fourth-order valence-corrected chi connectivity index (χ4v) is 2.46. The third-order valence-electron chi connectivity index (χ3n) is 3.10. The number of nitrogens with two attached hydrogens (primary N) is 1. The second kappa shape index (κ2) is 4.23. The van der Waals surface area contributed by atoms with Crippen LogP contribution in [0, 0.1) is 0 Å². The van der Waals surface area contributed by atoms with Crippen LogP contribution in [-0.2, 0) is 19.3 Å². The Morgan fingerprint density at radius 1 is 1.40 bits per heavy atom. The summed E-state index contributed by atoms with van der Waals surface area (Å²) in [5.74, 6) is 1.01. The molecule has 1 aromatic rings. The molecule has 2 N–H and O–H groups in total. The van der Waals surface area contributed by atoms with Crippen LogP contribution in [0.5, 0.6) is 5.75 Å². The van der Waals surface area contributed by atoms with Crippen LogP contribution in [0.2, 0.25) is 0 Å². The van der Waals surface area contributed by atoms with Gasteiger partial charge in [0.1, 0.15) is 5.75 Å². The van der Waals surface area contributed by atoms with Crippen molar-refractivity contribution in [2.75, 3.05) is 7.11 Å². The molecule has 1 atom stereocenters. The van der Waals surface area contributed by atoms with Gasteiger partial charge in [-0.3, -0.25) is 0 Å². The van der Waals surface area contributed by atoms with Gasteiger partial charge < -0.3 is 10.5 Å². The van der Waals surface area contributed by atoms with Crippen molar-refractivity contribution in [3.8, 4) is 5.75 Å². The molecule has 0 heterocycles. The van der Waals surface area contributed by atoms with Gasteiger partial charge in [0, 0.05) is 6.04 Å². The van der Waals surface area contributed by atoms with Crippen molar-refractivity contribution < 1.29 is 4.74 Å². The molecule has 0 aliphatic heterocycles. The molecule has 0 radical (unpaired) electrons. The summed E-state index contributed by atoms with van der Waals surface area (Å²) in [6.07, 6.45) is 4.60. The first-order valence-corrected chi connectivity index (χ1v) is 5.65. The van der Waals surface area contributed by atoms with Gasteiger partial charge in [0.05, 0.1) is 7.11 Å². The first-order valence-electron chi connectivity index (χ1n) is 5.65. The summed E-state index contributed by atoms with van der Waals surface area (Å²) in [7, 11) is 1.74. The van der Waals surface area contributed by atoms with Crippen LogP contribution in [0.1, 0.15) is 30.0 Å². The monoisotopic (exact) mass is 205 g/mol. The van der Waals surface area contributed by atoms with Gasteiger partial charge >= 0.3 is 0 Å². The number of ether oxygens (including phenoxy) is 1. The van der Waals surface area contributed by atoms with Crippen LogP contribution in [-0.4, -0.2) is 13.2 Å². The van der Waals surface area contributed by atoms with E-state index in [4.69, 9.17) is 10.5 Å². The number of aryl methyl sites for hydroxylation is 1. The molecule has 0 spiro atoms. The lowest BCUT2D eigenvalue weighted by Crippen LogP contribution is -2.19. The number of methoxy groups -OCH3 is 1. The highest BCUT2D eigenvalue weighted by molar-refractivity contribution is 5.47. The molecular weight excluding hydrogens is 186 g/mol. The van der Waals surface area contributed by atoms with E-state index in [0.29, 0.717) is 0 Å². The van der Waals surface area contributed by atoms with Crippen molar-refractivity contribution in [1.82, 2.24) is 0 Å². The molecule has 0 aromatic heterocycles. The van der Waals surface area contributed by atoms with E-state index >= 15 is 0 Å². The van der Waals surface area contributed by atoms with E-state index in [9.17, 15) is 0 Å². The molecule has 2 nitrogen and oxygen atoms in total. The molecule has 0 fully saturated rings. The summed E-state index contributed by atoms with van der Waals surface area (Å²) in [4.78, 5) is 0. The first-order chi connectivity index (χ1) is 7.22. The fourth-order valence-electron chi connectivity index (χ4n) is 2.46. The lowest BCUT2D eigenvalue weighted by Gasteiger charge is -2.15. The van der Waals surface area contributed by atoms with Gasteiger partial charge in [0.2, 0.25) is 0 Å². The average Bonchev–Trinajstić information content (AvgIpc) is 2.65. The molecule has 2 heteroatoms. The van der Waals surface area contributed by atoms with Crippen LogP contribution in [0.4, 0.5) is 0 Å². The van der Waals surface area contributed by atoms with Gasteiger partial charge in [-0.1, -0.05) is 6.07 Å². The van der Waals surface area contributed by atoms with Gasteiger partial charge in [-0.15, -0.1) is 0 Å². The van der Waals surface area contributed by atoms with Crippen molar-refractivity contribution >= 4 is 0 Å². The summed E-state index contributed by atoms with van der Waals surface area (Å²) in [5, 5.41) is 0. The van der Waals surface area contributed by atoms with Crippen molar-refractivity contribution in [3.63, 3.8) is 0 Å². The third kappa shape index (κ3) is 2.00. The highest BCUT2D eigenvalue weighted by Crippen LogP contribution is 2.32. The molecule has 0 bridgehead atoms.